The quantitative estimate of drug-likeness (QED) is 0.625. The fraction of sp³-hybridized carbons (Fsp3) is 0.368. The molecule has 2 heterocycles. The van der Waals surface area contributed by atoms with E-state index in [0.717, 1.165) is 16.6 Å². The number of furan rings is 1. The number of amides is 2. The molecule has 0 atom stereocenters. The second kappa shape index (κ2) is 7.42. The Bertz CT molecular complexity index is 856. The van der Waals surface area contributed by atoms with E-state index >= 15 is 0 Å². The highest BCUT2D eigenvalue weighted by molar-refractivity contribution is 6.04. The van der Waals surface area contributed by atoms with Gasteiger partial charge in [0.2, 0.25) is 5.88 Å². The molecular formula is C19H25N3O3. The summed E-state index contributed by atoms with van der Waals surface area (Å²) in [6.45, 7) is 12.1. The summed E-state index contributed by atoms with van der Waals surface area (Å²) in [5.41, 5.74) is 2.97. The number of aromatic nitrogens is 1. The number of hydrogen-bond donors (Lipinski definition) is 2. The molecule has 2 aromatic heterocycles. The molecule has 2 amide bonds. The standard InChI is InChI=1S/C17H19N3O3.C2H6/c1-10-5-6-12(15-11(10)7-8-22-15)18-16(21)19-14-9-13(20-23-14)17(2,3)4;1-2/h5-9H,1-4H3,(H2,18,19,21);1-2H3. The van der Waals surface area contributed by atoms with Gasteiger partial charge in [0.25, 0.3) is 0 Å². The molecule has 134 valence electrons. The maximum atomic E-state index is 12.1. The van der Waals surface area contributed by atoms with Gasteiger partial charge < -0.3 is 14.3 Å². The van der Waals surface area contributed by atoms with Crippen LogP contribution in [0.3, 0.4) is 0 Å². The largest absolute Gasteiger partial charge is 0.462 e. The molecule has 0 saturated heterocycles. The molecule has 0 spiro atoms. The van der Waals surface area contributed by atoms with Gasteiger partial charge in [0.1, 0.15) is 0 Å². The van der Waals surface area contributed by atoms with Crippen molar-refractivity contribution in [2.75, 3.05) is 10.6 Å². The van der Waals surface area contributed by atoms with Crippen LogP contribution in [0.5, 0.6) is 0 Å². The van der Waals surface area contributed by atoms with Gasteiger partial charge >= 0.3 is 6.03 Å². The van der Waals surface area contributed by atoms with Crippen LogP contribution in [0.1, 0.15) is 45.9 Å². The molecule has 0 unspecified atom stereocenters. The number of carbonyl (C=O) groups is 1. The predicted molar refractivity (Wildman–Crippen MR) is 100 cm³/mol. The van der Waals surface area contributed by atoms with Gasteiger partial charge in [0, 0.05) is 16.9 Å². The summed E-state index contributed by atoms with van der Waals surface area (Å²) < 4.78 is 10.6. The zero-order valence-corrected chi connectivity index (χ0v) is 15.6. The molecule has 0 aliphatic rings. The minimum absolute atomic E-state index is 0.142. The monoisotopic (exact) mass is 343 g/mol. The number of carbonyl (C=O) groups excluding carboxylic acids is 1. The molecule has 6 heteroatoms. The zero-order chi connectivity index (χ0) is 18.6. The first-order chi connectivity index (χ1) is 11.8. The fourth-order valence-electron chi connectivity index (χ4n) is 2.25. The van der Waals surface area contributed by atoms with E-state index in [1.165, 1.54) is 0 Å². The van der Waals surface area contributed by atoms with E-state index in [-0.39, 0.29) is 5.41 Å². The lowest BCUT2D eigenvalue weighted by atomic mass is 9.92. The second-order valence-corrected chi connectivity index (χ2v) is 6.50. The van der Waals surface area contributed by atoms with Crippen molar-refractivity contribution in [3.63, 3.8) is 0 Å². The predicted octanol–water partition coefficient (Wildman–Crippen LogP) is 5.70. The molecule has 25 heavy (non-hydrogen) atoms. The molecule has 0 fully saturated rings. The van der Waals surface area contributed by atoms with Crippen LogP contribution in [-0.4, -0.2) is 11.2 Å². The third-order valence-corrected chi connectivity index (χ3v) is 3.60. The zero-order valence-electron chi connectivity index (χ0n) is 15.6. The van der Waals surface area contributed by atoms with Gasteiger partial charge in [-0.3, -0.25) is 5.32 Å². The average molecular weight is 343 g/mol. The van der Waals surface area contributed by atoms with E-state index in [4.69, 9.17) is 8.94 Å². The van der Waals surface area contributed by atoms with Crippen LogP contribution in [0.4, 0.5) is 16.4 Å². The maximum absolute atomic E-state index is 12.1. The van der Waals surface area contributed by atoms with Crippen LogP contribution in [0, 0.1) is 6.92 Å². The number of nitrogens with one attached hydrogen (secondary N) is 2. The van der Waals surface area contributed by atoms with E-state index in [2.05, 4.69) is 15.8 Å². The minimum atomic E-state index is -0.414. The summed E-state index contributed by atoms with van der Waals surface area (Å²) in [4.78, 5) is 12.1. The van der Waals surface area contributed by atoms with Crippen molar-refractivity contribution in [3.8, 4) is 0 Å². The highest BCUT2D eigenvalue weighted by Gasteiger charge is 2.20. The third kappa shape index (κ3) is 4.21. The summed E-state index contributed by atoms with van der Waals surface area (Å²) in [5.74, 6) is 0.301. The highest BCUT2D eigenvalue weighted by Crippen LogP contribution is 2.28. The van der Waals surface area contributed by atoms with Gasteiger partial charge in [-0.15, -0.1) is 0 Å². The molecule has 2 N–H and O–H groups in total. The molecule has 1 aromatic carbocycles. The number of anilines is 2. The number of fused-ring (bicyclic) bond motifs is 1. The van der Waals surface area contributed by atoms with Gasteiger partial charge in [-0.1, -0.05) is 45.8 Å². The number of hydrogen-bond acceptors (Lipinski definition) is 4. The smallest absolute Gasteiger partial charge is 0.326 e. The number of rotatable bonds is 2. The average Bonchev–Trinajstić information content (AvgIpc) is 3.21. The maximum Gasteiger partial charge on any atom is 0.326 e. The molecule has 3 aromatic rings. The topological polar surface area (TPSA) is 80.3 Å². The minimum Gasteiger partial charge on any atom is -0.462 e. The Hall–Kier alpha value is -2.76. The van der Waals surface area contributed by atoms with E-state index in [1.807, 2.05) is 59.7 Å². The molecule has 0 aliphatic carbocycles. The lowest BCUT2D eigenvalue weighted by Crippen LogP contribution is -2.19. The molecule has 0 aliphatic heterocycles. The SMILES string of the molecule is CC.Cc1ccc(NC(=O)Nc2cc(C(C)(C)C)no2)c2occc12. The molecule has 6 nitrogen and oxygen atoms in total. The van der Waals surface area contributed by atoms with Crippen molar-refractivity contribution in [3.05, 3.63) is 41.8 Å². The van der Waals surface area contributed by atoms with Crippen molar-refractivity contribution in [2.24, 2.45) is 0 Å². The van der Waals surface area contributed by atoms with E-state index in [0.29, 0.717) is 17.2 Å². The van der Waals surface area contributed by atoms with Crippen molar-refractivity contribution in [1.29, 1.82) is 0 Å². The Morgan fingerprint density at radius 2 is 1.84 bits per heavy atom. The number of benzene rings is 1. The van der Waals surface area contributed by atoms with Crippen molar-refractivity contribution < 1.29 is 13.7 Å². The number of nitrogens with zero attached hydrogens (tertiary/aromatic N) is 1. The molecular weight excluding hydrogens is 318 g/mol. The van der Waals surface area contributed by atoms with Gasteiger partial charge in [-0.25, -0.2) is 4.79 Å². The van der Waals surface area contributed by atoms with Gasteiger partial charge in [-0.2, -0.15) is 0 Å². The van der Waals surface area contributed by atoms with Crippen molar-refractivity contribution >= 4 is 28.6 Å². The number of aryl methyl sites for hydroxylation is 1. The van der Waals surface area contributed by atoms with Gasteiger partial charge in [0.15, 0.2) is 5.58 Å². The van der Waals surface area contributed by atoms with E-state index in [9.17, 15) is 4.79 Å². The normalized spacial score (nSPS) is 11.0. The van der Waals surface area contributed by atoms with Crippen molar-refractivity contribution in [1.82, 2.24) is 5.16 Å². The summed E-state index contributed by atoms with van der Waals surface area (Å²) >= 11 is 0. The molecule has 0 bridgehead atoms. The Labute approximate surface area is 147 Å². The second-order valence-electron chi connectivity index (χ2n) is 6.50. The highest BCUT2D eigenvalue weighted by atomic mass is 16.5. The third-order valence-electron chi connectivity index (χ3n) is 3.60. The van der Waals surface area contributed by atoms with E-state index in [1.54, 1.807) is 12.3 Å². The Balaban J connectivity index is 0.00000109. The van der Waals surface area contributed by atoms with Crippen LogP contribution in [-0.2, 0) is 5.41 Å². The molecule has 0 radical (unpaired) electrons. The Morgan fingerprint density at radius 1 is 1.12 bits per heavy atom. The summed E-state index contributed by atoms with van der Waals surface area (Å²) in [6.07, 6.45) is 1.60. The first-order valence-electron chi connectivity index (χ1n) is 8.36. The van der Waals surface area contributed by atoms with Crippen molar-refractivity contribution in [2.45, 2.75) is 47.0 Å². The number of urea groups is 1. The molecule has 3 rings (SSSR count). The summed E-state index contributed by atoms with van der Waals surface area (Å²) in [6, 6.07) is 6.92. The first kappa shape index (κ1) is 18.6. The van der Waals surface area contributed by atoms with Crippen LogP contribution >= 0.6 is 0 Å². The fourth-order valence-corrected chi connectivity index (χ4v) is 2.25. The van der Waals surface area contributed by atoms with Crippen LogP contribution in [0.2, 0.25) is 0 Å². The summed E-state index contributed by atoms with van der Waals surface area (Å²) in [5, 5.41) is 10.3. The molecule has 0 saturated carbocycles. The van der Waals surface area contributed by atoms with Crippen LogP contribution in [0.15, 0.2) is 39.5 Å². The van der Waals surface area contributed by atoms with Gasteiger partial charge in [0.05, 0.1) is 17.6 Å². The van der Waals surface area contributed by atoms with Crippen LogP contribution < -0.4 is 10.6 Å². The van der Waals surface area contributed by atoms with Crippen LogP contribution in [0.25, 0.3) is 11.0 Å². The van der Waals surface area contributed by atoms with Gasteiger partial charge in [-0.05, 0) is 24.6 Å². The lowest BCUT2D eigenvalue weighted by molar-refractivity contribution is 0.261. The summed E-state index contributed by atoms with van der Waals surface area (Å²) in [7, 11) is 0. The first-order valence-corrected chi connectivity index (χ1v) is 8.36. The Morgan fingerprint density at radius 3 is 2.48 bits per heavy atom. The lowest BCUT2D eigenvalue weighted by Gasteiger charge is -2.12. The van der Waals surface area contributed by atoms with E-state index < -0.39 is 6.03 Å². The Kier molecular flexibility index (Phi) is 5.51.